The van der Waals surface area contributed by atoms with Gasteiger partial charge in [0.25, 0.3) is 0 Å². The Morgan fingerprint density at radius 2 is 1.31 bits per heavy atom. The Bertz CT molecular complexity index is 1010. The van der Waals surface area contributed by atoms with Crippen molar-refractivity contribution in [2.24, 2.45) is 0 Å². The minimum Gasteiger partial charge on any atom is -0.497 e. The molecule has 0 unspecified atom stereocenters. The lowest BCUT2D eigenvalue weighted by atomic mass is 9.82. The van der Waals surface area contributed by atoms with Gasteiger partial charge in [0.2, 0.25) is 6.79 Å². The molecule has 0 aromatic heterocycles. The Balaban J connectivity index is 1.56. The van der Waals surface area contributed by atoms with Crippen LogP contribution in [0.5, 0.6) is 28.7 Å². The van der Waals surface area contributed by atoms with Crippen molar-refractivity contribution in [2.45, 2.75) is 18.4 Å². The summed E-state index contributed by atoms with van der Waals surface area (Å²) in [6.07, 6.45) is 0.756. The van der Waals surface area contributed by atoms with Gasteiger partial charge >= 0.3 is 0 Å². The van der Waals surface area contributed by atoms with Crippen LogP contribution in [0.1, 0.15) is 35.1 Å². The fraction of sp³-hybridized carbons (Fsp3) is 0.250. The second-order valence-electron chi connectivity index (χ2n) is 7.18. The van der Waals surface area contributed by atoms with E-state index in [1.165, 1.54) is 5.56 Å². The molecule has 0 amide bonds. The van der Waals surface area contributed by atoms with E-state index < -0.39 is 0 Å². The number of ether oxygens (including phenoxy) is 5. The van der Waals surface area contributed by atoms with E-state index >= 15 is 0 Å². The van der Waals surface area contributed by atoms with Crippen LogP contribution in [0.4, 0.5) is 0 Å². The summed E-state index contributed by atoms with van der Waals surface area (Å²) in [6.45, 7) is 0.243. The summed E-state index contributed by atoms with van der Waals surface area (Å²) in [6, 6.07) is 20.3. The van der Waals surface area contributed by atoms with E-state index in [1.54, 1.807) is 14.2 Å². The first-order valence-electron chi connectivity index (χ1n) is 9.63. The Labute approximate surface area is 169 Å². The zero-order valence-corrected chi connectivity index (χ0v) is 16.4. The second-order valence-corrected chi connectivity index (χ2v) is 7.18. The Kier molecular flexibility index (Phi) is 4.43. The maximum atomic E-state index is 6.41. The molecule has 29 heavy (non-hydrogen) atoms. The van der Waals surface area contributed by atoms with Gasteiger partial charge in [-0.3, -0.25) is 0 Å². The monoisotopic (exact) mass is 390 g/mol. The fourth-order valence-electron chi connectivity index (χ4n) is 4.03. The Morgan fingerprint density at radius 3 is 1.93 bits per heavy atom. The number of hydrogen-bond donors (Lipinski definition) is 0. The van der Waals surface area contributed by atoms with Gasteiger partial charge in [-0.2, -0.15) is 0 Å². The van der Waals surface area contributed by atoms with Crippen LogP contribution in [0, 0.1) is 0 Å². The lowest BCUT2D eigenvalue weighted by Crippen LogP contribution is -2.20. The molecule has 3 aromatic carbocycles. The van der Waals surface area contributed by atoms with Gasteiger partial charge in [-0.25, -0.2) is 0 Å². The van der Waals surface area contributed by atoms with E-state index in [2.05, 4.69) is 30.3 Å². The summed E-state index contributed by atoms with van der Waals surface area (Å²) in [5.41, 5.74) is 3.45. The largest absolute Gasteiger partial charge is 0.497 e. The van der Waals surface area contributed by atoms with Gasteiger partial charge in [-0.1, -0.05) is 24.3 Å². The predicted molar refractivity (Wildman–Crippen MR) is 108 cm³/mol. The highest BCUT2D eigenvalue weighted by Gasteiger charge is 2.33. The van der Waals surface area contributed by atoms with E-state index in [0.29, 0.717) is 0 Å². The zero-order chi connectivity index (χ0) is 19.8. The average Bonchev–Trinajstić information content (AvgIpc) is 3.24. The molecule has 2 heterocycles. The smallest absolute Gasteiger partial charge is 0.231 e. The fourth-order valence-corrected chi connectivity index (χ4v) is 4.03. The first-order chi connectivity index (χ1) is 14.2. The van der Waals surface area contributed by atoms with Crippen LogP contribution in [-0.2, 0) is 0 Å². The molecule has 148 valence electrons. The van der Waals surface area contributed by atoms with Crippen molar-refractivity contribution in [1.29, 1.82) is 0 Å². The average molecular weight is 390 g/mol. The standard InChI is InChI=1S/C24H22O5/c1-25-17-7-3-15(4-8-17)19-11-21(16-5-9-18(26-2)10-6-16)29-22-13-24-23(12-20(19)22)27-14-28-24/h3-10,12-13,19,21H,11,14H2,1-2H3/t19-,21+/m1/s1. The van der Waals surface area contributed by atoms with Crippen molar-refractivity contribution in [3.63, 3.8) is 0 Å². The zero-order valence-electron chi connectivity index (χ0n) is 16.4. The number of methoxy groups -OCH3 is 2. The van der Waals surface area contributed by atoms with Crippen LogP contribution in [-0.4, -0.2) is 21.0 Å². The highest BCUT2D eigenvalue weighted by molar-refractivity contribution is 5.56. The molecule has 5 nitrogen and oxygen atoms in total. The number of fused-ring (bicyclic) bond motifs is 2. The second kappa shape index (κ2) is 7.24. The third kappa shape index (κ3) is 3.23. The molecule has 0 N–H and O–H groups in total. The minimum absolute atomic E-state index is 0.0686. The Hall–Kier alpha value is -3.34. The summed E-state index contributed by atoms with van der Waals surface area (Å²) in [5.74, 6) is 4.19. The molecule has 0 spiro atoms. The topological polar surface area (TPSA) is 46.2 Å². The van der Waals surface area contributed by atoms with Crippen LogP contribution in [0.3, 0.4) is 0 Å². The number of rotatable bonds is 4. The quantitative estimate of drug-likeness (QED) is 0.621. The SMILES string of the molecule is COc1ccc([C@H]2C[C@@H](c3ccc(OC)cc3)Oc3cc4c(cc32)OCO4)cc1. The molecule has 0 radical (unpaired) electrons. The van der Waals surface area contributed by atoms with Gasteiger partial charge in [0.1, 0.15) is 23.4 Å². The van der Waals surface area contributed by atoms with Gasteiger partial charge < -0.3 is 23.7 Å². The minimum atomic E-state index is -0.0686. The van der Waals surface area contributed by atoms with Crippen molar-refractivity contribution >= 4 is 0 Å². The summed E-state index contributed by atoms with van der Waals surface area (Å²) in [7, 11) is 3.35. The van der Waals surface area contributed by atoms with E-state index in [-0.39, 0.29) is 18.8 Å². The highest BCUT2D eigenvalue weighted by Crippen LogP contribution is 2.50. The first kappa shape index (κ1) is 17.7. The van der Waals surface area contributed by atoms with Crippen LogP contribution >= 0.6 is 0 Å². The van der Waals surface area contributed by atoms with E-state index in [0.717, 1.165) is 46.3 Å². The summed E-state index contributed by atoms with van der Waals surface area (Å²) in [5, 5.41) is 0. The summed E-state index contributed by atoms with van der Waals surface area (Å²) < 4.78 is 28.2. The van der Waals surface area contributed by atoms with Crippen LogP contribution in [0.25, 0.3) is 0 Å². The molecular formula is C24H22O5. The molecule has 5 rings (SSSR count). The van der Waals surface area contributed by atoms with Gasteiger partial charge in [-0.15, -0.1) is 0 Å². The maximum absolute atomic E-state index is 6.41. The molecule has 2 aliphatic heterocycles. The van der Waals surface area contributed by atoms with Gasteiger partial charge in [-0.05, 0) is 47.9 Å². The third-order valence-corrected chi connectivity index (χ3v) is 5.61. The molecule has 0 saturated heterocycles. The van der Waals surface area contributed by atoms with Crippen molar-refractivity contribution in [1.82, 2.24) is 0 Å². The predicted octanol–water partition coefficient (Wildman–Crippen LogP) is 5.09. The van der Waals surface area contributed by atoms with E-state index in [9.17, 15) is 0 Å². The molecule has 2 aliphatic rings. The molecule has 2 atom stereocenters. The normalized spacial score (nSPS) is 19.2. The van der Waals surface area contributed by atoms with E-state index in [1.807, 2.05) is 30.3 Å². The molecule has 0 aliphatic carbocycles. The molecule has 5 heteroatoms. The van der Waals surface area contributed by atoms with Crippen molar-refractivity contribution < 1.29 is 23.7 Å². The van der Waals surface area contributed by atoms with Crippen LogP contribution in [0.2, 0.25) is 0 Å². The molecule has 0 bridgehead atoms. The van der Waals surface area contributed by atoms with Crippen molar-refractivity contribution in [2.75, 3.05) is 21.0 Å². The Morgan fingerprint density at radius 1 is 0.724 bits per heavy atom. The van der Waals surface area contributed by atoms with E-state index in [4.69, 9.17) is 23.7 Å². The highest BCUT2D eigenvalue weighted by atomic mass is 16.7. The molecule has 0 fully saturated rings. The molecular weight excluding hydrogens is 368 g/mol. The number of benzene rings is 3. The first-order valence-corrected chi connectivity index (χ1v) is 9.63. The van der Waals surface area contributed by atoms with Gasteiger partial charge in [0, 0.05) is 17.5 Å². The lowest BCUT2D eigenvalue weighted by molar-refractivity contribution is 0.166. The molecule has 3 aromatic rings. The molecule has 0 saturated carbocycles. The third-order valence-electron chi connectivity index (χ3n) is 5.61. The van der Waals surface area contributed by atoms with Crippen LogP contribution in [0.15, 0.2) is 60.7 Å². The lowest BCUT2D eigenvalue weighted by Gasteiger charge is -2.33. The van der Waals surface area contributed by atoms with Crippen molar-refractivity contribution in [3.05, 3.63) is 77.4 Å². The van der Waals surface area contributed by atoms with Crippen LogP contribution < -0.4 is 23.7 Å². The summed E-state index contributed by atoms with van der Waals surface area (Å²) >= 11 is 0. The van der Waals surface area contributed by atoms with Crippen molar-refractivity contribution in [3.8, 4) is 28.7 Å². The van der Waals surface area contributed by atoms with Gasteiger partial charge in [0.05, 0.1) is 14.2 Å². The summed E-state index contributed by atoms with van der Waals surface area (Å²) in [4.78, 5) is 0. The number of hydrogen-bond acceptors (Lipinski definition) is 5. The van der Waals surface area contributed by atoms with Gasteiger partial charge in [0.15, 0.2) is 11.5 Å². The maximum Gasteiger partial charge on any atom is 0.231 e.